The Bertz CT molecular complexity index is 453. The van der Waals surface area contributed by atoms with E-state index >= 15 is 0 Å². The lowest BCUT2D eigenvalue weighted by Gasteiger charge is -2.47. The van der Waals surface area contributed by atoms with Crippen LogP contribution in [0.2, 0.25) is 0 Å². The molecule has 2 aliphatic carbocycles. The first kappa shape index (κ1) is 16.8. The highest BCUT2D eigenvalue weighted by molar-refractivity contribution is 5.79. The molecule has 2 saturated heterocycles. The van der Waals surface area contributed by atoms with Crippen LogP contribution in [0.1, 0.15) is 64.2 Å². The van der Waals surface area contributed by atoms with E-state index in [2.05, 4.69) is 9.80 Å². The molecule has 0 spiro atoms. The standard InChI is InChI=1S/C20H34N2O2/c23-15-20(13-16-5-6-16)9-2-10-22(14-20)18-7-11-21(12-8-18)19(24)17-3-1-4-17/h16-18,23H,1-15H2. The minimum Gasteiger partial charge on any atom is -0.396 e. The number of carbonyl (C=O) groups is 1. The third-order valence-corrected chi connectivity index (χ3v) is 7.19. The Morgan fingerprint density at radius 1 is 1.00 bits per heavy atom. The number of piperidine rings is 2. The highest BCUT2D eigenvalue weighted by atomic mass is 16.3. The van der Waals surface area contributed by atoms with Crippen molar-refractivity contribution < 1.29 is 9.90 Å². The maximum Gasteiger partial charge on any atom is 0.225 e. The van der Waals surface area contributed by atoms with Crippen molar-refractivity contribution in [2.24, 2.45) is 17.3 Å². The predicted molar refractivity (Wildman–Crippen MR) is 94.6 cm³/mol. The van der Waals surface area contributed by atoms with Gasteiger partial charge in [-0.05, 0) is 57.4 Å². The number of hydrogen-bond donors (Lipinski definition) is 1. The molecule has 0 aromatic carbocycles. The van der Waals surface area contributed by atoms with Gasteiger partial charge in [-0.1, -0.05) is 19.3 Å². The summed E-state index contributed by atoms with van der Waals surface area (Å²) < 4.78 is 0. The Morgan fingerprint density at radius 2 is 1.75 bits per heavy atom. The van der Waals surface area contributed by atoms with E-state index in [-0.39, 0.29) is 5.41 Å². The van der Waals surface area contributed by atoms with E-state index in [1.54, 1.807) is 0 Å². The molecule has 24 heavy (non-hydrogen) atoms. The van der Waals surface area contributed by atoms with Crippen LogP contribution >= 0.6 is 0 Å². The highest BCUT2D eigenvalue weighted by Gasteiger charge is 2.42. The van der Waals surface area contributed by atoms with Gasteiger partial charge in [0.05, 0.1) is 0 Å². The lowest BCUT2D eigenvalue weighted by molar-refractivity contribution is -0.140. The van der Waals surface area contributed by atoms with E-state index in [4.69, 9.17) is 0 Å². The molecule has 2 saturated carbocycles. The Hall–Kier alpha value is -0.610. The van der Waals surface area contributed by atoms with Crippen LogP contribution in [0.4, 0.5) is 0 Å². The molecule has 0 aromatic heterocycles. The quantitative estimate of drug-likeness (QED) is 0.840. The Balaban J connectivity index is 1.30. The molecule has 4 heteroatoms. The number of aliphatic hydroxyl groups excluding tert-OH is 1. The van der Waals surface area contributed by atoms with Gasteiger partial charge in [-0.2, -0.15) is 0 Å². The lowest BCUT2D eigenvalue weighted by atomic mass is 9.75. The molecule has 4 rings (SSSR count). The van der Waals surface area contributed by atoms with Crippen LogP contribution < -0.4 is 0 Å². The fourth-order valence-corrected chi connectivity index (χ4v) is 5.22. The maximum atomic E-state index is 12.4. The van der Waals surface area contributed by atoms with E-state index in [1.807, 2.05) is 0 Å². The molecule has 136 valence electrons. The summed E-state index contributed by atoms with van der Waals surface area (Å²) in [6, 6.07) is 0.626. The summed E-state index contributed by atoms with van der Waals surface area (Å²) in [5.74, 6) is 1.66. The van der Waals surface area contributed by atoms with E-state index in [0.29, 0.717) is 24.5 Å². The third-order valence-electron chi connectivity index (χ3n) is 7.19. The Labute approximate surface area is 146 Å². The Morgan fingerprint density at radius 3 is 2.33 bits per heavy atom. The number of amides is 1. The van der Waals surface area contributed by atoms with Crippen molar-refractivity contribution in [1.29, 1.82) is 0 Å². The minimum atomic E-state index is 0.165. The average Bonchev–Trinajstić information content (AvgIpc) is 3.37. The van der Waals surface area contributed by atoms with Gasteiger partial charge in [-0.3, -0.25) is 9.69 Å². The molecule has 4 aliphatic rings. The largest absolute Gasteiger partial charge is 0.396 e. The zero-order chi connectivity index (χ0) is 16.6. The van der Waals surface area contributed by atoms with Crippen molar-refractivity contribution in [2.45, 2.75) is 70.3 Å². The van der Waals surface area contributed by atoms with Gasteiger partial charge >= 0.3 is 0 Å². The van der Waals surface area contributed by atoms with Gasteiger partial charge in [0.1, 0.15) is 0 Å². The molecule has 0 radical (unpaired) electrons. The van der Waals surface area contributed by atoms with Crippen LogP contribution in [0.5, 0.6) is 0 Å². The van der Waals surface area contributed by atoms with Crippen molar-refractivity contribution in [3.05, 3.63) is 0 Å². The summed E-state index contributed by atoms with van der Waals surface area (Å²) in [5, 5.41) is 10.1. The van der Waals surface area contributed by atoms with E-state index < -0.39 is 0 Å². The number of carbonyl (C=O) groups excluding carboxylic acids is 1. The van der Waals surface area contributed by atoms with Crippen LogP contribution in [-0.4, -0.2) is 59.6 Å². The fraction of sp³-hybridized carbons (Fsp3) is 0.950. The zero-order valence-corrected chi connectivity index (χ0v) is 15.1. The van der Waals surface area contributed by atoms with Gasteiger partial charge in [0.15, 0.2) is 0 Å². The van der Waals surface area contributed by atoms with Crippen molar-refractivity contribution in [3.63, 3.8) is 0 Å². The summed E-state index contributed by atoms with van der Waals surface area (Å²) in [4.78, 5) is 17.2. The predicted octanol–water partition coefficient (Wildman–Crippen LogP) is 2.65. The second-order valence-corrected chi connectivity index (χ2v) is 9.06. The van der Waals surface area contributed by atoms with E-state index in [9.17, 15) is 9.90 Å². The molecule has 0 bridgehead atoms. The topological polar surface area (TPSA) is 43.8 Å². The average molecular weight is 335 g/mol. The SMILES string of the molecule is O=C(C1CCC1)N1CCC(N2CCCC(CO)(CC3CC3)C2)CC1. The van der Waals surface area contributed by atoms with Crippen molar-refractivity contribution in [2.75, 3.05) is 32.8 Å². The van der Waals surface area contributed by atoms with E-state index in [1.165, 1.54) is 45.1 Å². The minimum absolute atomic E-state index is 0.165. The number of likely N-dealkylation sites (tertiary alicyclic amines) is 2. The van der Waals surface area contributed by atoms with Crippen molar-refractivity contribution in [3.8, 4) is 0 Å². The van der Waals surface area contributed by atoms with Crippen LogP contribution in [-0.2, 0) is 4.79 Å². The van der Waals surface area contributed by atoms with Gasteiger partial charge in [0.2, 0.25) is 5.91 Å². The van der Waals surface area contributed by atoms with Crippen LogP contribution in [0.25, 0.3) is 0 Å². The zero-order valence-electron chi connectivity index (χ0n) is 15.1. The molecular formula is C20H34N2O2. The molecular weight excluding hydrogens is 300 g/mol. The molecule has 2 heterocycles. The van der Waals surface area contributed by atoms with E-state index in [0.717, 1.165) is 51.2 Å². The van der Waals surface area contributed by atoms with Gasteiger partial charge in [-0.25, -0.2) is 0 Å². The second kappa shape index (κ2) is 6.95. The van der Waals surface area contributed by atoms with Gasteiger partial charge < -0.3 is 10.0 Å². The molecule has 4 nitrogen and oxygen atoms in total. The molecule has 1 unspecified atom stereocenters. The van der Waals surface area contributed by atoms with Crippen molar-refractivity contribution in [1.82, 2.24) is 9.80 Å². The number of aliphatic hydroxyl groups is 1. The second-order valence-electron chi connectivity index (χ2n) is 9.06. The first-order valence-corrected chi connectivity index (χ1v) is 10.3. The fourth-order valence-electron chi connectivity index (χ4n) is 5.22. The molecule has 4 fully saturated rings. The summed E-state index contributed by atoms with van der Waals surface area (Å²) in [6.45, 7) is 4.53. The normalized spacial score (nSPS) is 33.5. The number of hydrogen-bond acceptors (Lipinski definition) is 3. The maximum absolute atomic E-state index is 12.4. The molecule has 2 aliphatic heterocycles. The Kier molecular flexibility index (Phi) is 4.88. The van der Waals surface area contributed by atoms with Crippen molar-refractivity contribution >= 4 is 5.91 Å². The van der Waals surface area contributed by atoms with Gasteiger partial charge in [-0.15, -0.1) is 0 Å². The smallest absolute Gasteiger partial charge is 0.225 e. The molecule has 1 atom stereocenters. The molecule has 1 amide bonds. The summed E-state index contributed by atoms with van der Waals surface area (Å²) in [5.41, 5.74) is 0.165. The third kappa shape index (κ3) is 3.50. The van der Waals surface area contributed by atoms with Crippen LogP contribution in [0, 0.1) is 17.3 Å². The monoisotopic (exact) mass is 334 g/mol. The highest BCUT2D eigenvalue weighted by Crippen LogP contribution is 2.45. The summed E-state index contributed by atoms with van der Waals surface area (Å²) in [7, 11) is 0. The first-order chi connectivity index (χ1) is 11.7. The summed E-state index contributed by atoms with van der Waals surface area (Å²) in [6.07, 6.45) is 12.2. The van der Waals surface area contributed by atoms with Gasteiger partial charge in [0.25, 0.3) is 0 Å². The van der Waals surface area contributed by atoms with Crippen LogP contribution in [0.3, 0.4) is 0 Å². The number of rotatable bonds is 5. The molecule has 0 aromatic rings. The summed E-state index contributed by atoms with van der Waals surface area (Å²) >= 11 is 0. The molecule has 1 N–H and O–H groups in total. The van der Waals surface area contributed by atoms with Gasteiger partial charge in [0, 0.05) is 43.6 Å². The first-order valence-electron chi connectivity index (χ1n) is 10.3. The van der Waals surface area contributed by atoms with Crippen LogP contribution in [0.15, 0.2) is 0 Å². The number of nitrogens with zero attached hydrogens (tertiary/aromatic N) is 2. The lowest BCUT2D eigenvalue weighted by Crippen LogP contribution is -2.54.